The van der Waals surface area contributed by atoms with Crippen molar-refractivity contribution in [1.29, 1.82) is 0 Å². The Hall–Kier alpha value is -5.49. The van der Waals surface area contributed by atoms with Crippen molar-refractivity contribution in [2.45, 2.75) is 17.1 Å². The number of ether oxygens (including phenoxy) is 1. The third-order valence-electron chi connectivity index (χ3n) is 7.23. The molecule has 0 aliphatic rings. The highest BCUT2D eigenvalue weighted by Crippen LogP contribution is 2.38. The normalized spacial score (nSPS) is 11.7. The number of anilines is 2. The third-order valence-corrected chi connectivity index (χ3v) is 10.1. The number of rotatable bonds is 13. The number of carbonyl (C=O) groups is 3. The molecule has 4 aromatic carbocycles. The standard InChI is InChI=1S/C39H32N4O4S3/c1-2-47-30-20-18-26(19-21-30)23-32(41-36(44)28-13-7-4-8-14-28)37(45)40-29-15-9-16-31(24-29)50-35(27-11-5-3-6-12-27)38(46)43-39-42-33(25-49-39)34-17-10-22-48-34/h3-25,35H,2H2,1H3,(H,40,45)(H,41,44)(H,42,43,46)/b32-23+. The summed E-state index contributed by atoms with van der Waals surface area (Å²) in [5.41, 5.74) is 3.33. The van der Waals surface area contributed by atoms with E-state index in [2.05, 4.69) is 20.9 Å². The lowest BCUT2D eigenvalue weighted by molar-refractivity contribution is -0.116. The van der Waals surface area contributed by atoms with Gasteiger partial charge in [-0.05, 0) is 78.0 Å². The van der Waals surface area contributed by atoms with E-state index in [1.54, 1.807) is 65.9 Å². The number of nitrogens with zero attached hydrogens (tertiary/aromatic N) is 1. The van der Waals surface area contributed by atoms with E-state index >= 15 is 0 Å². The highest BCUT2D eigenvalue weighted by atomic mass is 32.2. The van der Waals surface area contributed by atoms with Crippen LogP contribution in [0.2, 0.25) is 0 Å². The zero-order valence-electron chi connectivity index (χ0n) is 26.9. The Balaban J connectivity index is 1.21. The van der Waals surface area contributed by atoms with Gasteiger partial charge in [-0.15, -0.1) is 34.4 Å². The first kappa shape index (κ1) is 34.4. The largest absolute Gasteiger partial charge is 0.494 e. The van der Waals surface area contributed by atoms with E-state index in [1.165, 1.54) is 23.1 Å². The number of aromatic nitrogens is 1. The molecule has 1 atom stereocenters. The molecule has 2 heterocycles. The summed E-state index contributed by atoms with van der Waals surface area (Å²) in [5, 5.41) is 12.5. The molecule has 0 radical (unpaired) electrons. The predicted octanol–water partition coefficient (Wildman–Crippen LogP) is 9.15. The van der Waals surface area contributed by atoms with Crippen molar-refractivity contribution >= 4 is 69.1 Å². The summed E-state index contributed by atoms with van der Waals surface area (Å²) in [6, 6.07) is 36.7. The van der Waals surface area contributed by atoms with E-state index in [9.17, 15) is 14.4 Å². The molecule has 8 nitrogen and oxygen atoms in total. The number of amides is 3. The minimum absolute atomic E-state index is 0.0629. The van der Waals surface area contributed by atoms with Gasteiger partial charge in [0, 0.05) is 21.5 Å². The summed E-state index contributed by atoms with van der Waals surface area (Å²) >= 11 is 4.33. The SMILES string of the molecule is CCOc1ccc(/C=C(/NC(=O)c2ccccc2)C(=O)Nc2cccc(SC(C(=O)Nc3nc(-c4cccs4)cs3)c3ccccc3)c2)cc1. The lowest BCUT2D eigenvalue weighted by atomic mass is 10.1. The fourth-order valence-corrected chi connectivity index (χ4v) is 7.42. The zero-order valence-corrected chi connectivity index (χ0v) is 29.3. The predicted molar refractivity (Wildman–Crippen MR) is 204 cm³/mol. The maximum atomic E-state index is 13.7. The van der Waals surface area contributed by atoms with E-state index in [0.29, 0.717) is 34.3 Å². The Morgan fingerprint density at radius 2 is 1.60 bits per heavy atom. The summed E-state index contributed by atoms with van der Waals surface area (Å²) in [5.74, 6) is -0.433. The van der Waals surface area contributed by atoms with Crippen LogP contribution in [0.4, 0.5) is 10.8 Å². The fourth-order valence-electron chi connectivity index (χ4n) is 4.86. The molecule has 11 heteroatoms. The minimum atomic E-state index is -0.600. The second-order valence-corrected chi connectivity index (χ2v) is 13.8. The molecule has 3 amide bonds. The Kier molecular flexibility index (Phi) is 11.5. The zero-order chi connectivity index (χ0) is 34.7. The van der Waals surface area contributed by atoms with Gasteiger partial charge < -0.3 is 20.7 Å². The number of hydrogen-bond donors (Lipinski definition) is 3. The van der Waals surface area contributed by atoms with Crippen LogP contribution in [-0.4, -0.2) is 29.3 Å². The van der Waals surface area contributed by atoms with Crippen molar-refractivity contribution in [2.75, 3.05) is 17.2 Å². The number of thioether (sulfide) groups is 1. The topological polar surface area (TPSA) is 109 Å². The van der Waals surface area contributed by atoms with Crippen molar-refractivity contribution in [1.82, 2.24) is 10.3 Å². The van der Waals surface area contributed by atoms with Crippen LogP contribution in [0, 0.1) is 0 Å². The van der Waals surface area contributed by atoms with Gasteiger partial charge in [0.1, 0.15) is 16.7 Å². The molecular formula is C39H32N4O4S3. The monoisotopic (exact) mass is 716 g/mol. The number of nitrogens with one attached hydrogen (secondary N) is 3. The van der Waals surface area contributed by atoms with E-state index in [0.717, 1.165) is 21.0 Å². The molecular weight excluding hydrogens is 685 g/mol. The number of carbonyl (C=O) groups excluding carboxylic acids is 3. The van der Waals surface area contributed by atoms with Crippen molar-refractivity contribution in [3.8, 4) is 16.3 Å². The maximum absolute atomic E-state index is 13.7. The molecule has 3 N–H and O–H groups in total. The van der Waals surface area contributed by atoms with E-state index < -0.39 is 17.1 Å². The highest BCUT2D eigenvalue weighted by molar-refractivity contribution is 8.00. The van der Waals surface area contributed by atoms with Gasteiger partial charge in [0.15, 0.2) is 5.13 Å². The van der Waals surface area contributed by atoms with Crippen LogP contribution in [0.15, 0.2) is 143 Å². The number of hydrogen-bond acceptors (Lipinski definition) is 8. The first-order valence-electron chi connectivity index (χ1n) is 15.7. The third kappa shape index (κ3) is 9.14. The van der Waals surface area contributed by atoms with E-state index in [1.807, 2.05) is 90.5 Å². The van der Waals surface area contributed by atoms with E-state index in [-0.39, 0.29) is 11.6 Å². The molecule has 0 aliphatic heterocycles. The van der Waals surface area contributed by atoms with Gasteiger partial charge in [0.2, 0.25) is 5.91 Å². The molecule has 0 aliphatic carbocycles. The molecule has 0 bridgehead atoms. The molecule has 0 fully saturated rings. The Labute approximate surface area is 302 Å². The summed E-state index contributed by atoms with van der Waals surface area (Å²) in [6.45, 7) is 2.44. The lowest BCUT2D eigenvalue weighted by Crippen LogP contribution is -2.30. The van der Waals surface area contributed by atoms with Gasteiger partial charge in [-0.2, -0.15) is 0 Å². The quantitative estimate of drug-likeness (QED) is 0.0813. The van der Waals surface area contributed by atoms with E-state index in [4.69, 9.17) is 4.74 Å². The molecule has 0 saturated heterocycles. The molecule has 2 aromatic heterocycles. The second-order valence-electron chi connectivity index (χ2n) is 10.8. The molecule has 50 heavy (non-hydrogen) atoms. The van der Waals surface area contributed by atoms with Crippen LogP contribution in [0.3, 0.4) is 0 Å². The van der Waals surface area contributed by atoms with Gasteiger partial charge in [-0.25, -0.2) is 4.98 Å². The number of benzene rings is 4. The average Bonchev–Trinajstić information content (AvgIpc) is 3.85. The van der Waals surface area contributed by atoms with Crippen molar-refractivity contribution in [2.24, 2.45) is 0 Å². The Bertz CT molecular complexity index is 2080. The first-order chi connectivity index (χ1) is 24.4. The van der Waals surface area contributed by atoms with Crippen molar-refractivity contribution in [3.63, 3.8) is 0 Å². The highest BCUT2D eigenvalue weighted by Gasteiger charge is 2.24. The molecule has 6 rings (SSSR count). The summed E-state index contributed by atoms with van der Waals surface area (Å²) in [6.07, 6.45) is 1.61. The Morgan fingerprint density at radius 1 is 0.840 bits per heavy atom. The smallest absolute Gasteiger partial charge is 0.272 e. The van der Waals surface area contributed by atoms with Crippen LogP contribution >= 0.6 is 34.4 Å². The Morgan fingerprint density at radius 3 is 2.32 bits per heavy atom. The molecule has 1 unspecified atom stereocenters. The molecule has 0 saturated carbocycles. The van der Waals surface area contributed by atoms with Gasteiger partial charge in [0.25, 0.3) is 11.8 Å². The average molecular weight is 717 g/mol. The molecule has 6 aromatic rings. The molecule has 250 valence electrons. The minimum Gasteiger partial charge on any atom is -0.494 e. The summed E-state index contributed by atoms with van der Waals surface area (Å²) in [4.78, 5) is 47.0. The van der Waals surface area contributed by atoms with Crippen molar-refractivity contribution in [3.05, 3.63) is 154 Å². The second kappa shape index (κ2) is 16.8. The number of thiazole rings is 1. The maximum Gasteiger partial charge on any atom is 0.272 e. The fraction of sp³-hybridized carbons (Fsp3) is 0.0769. The lowest BCUT2D eigenvalue weighted by Gasteiger charge is -2.17. The van der Waals surface area contributed by atoms with Crippen LogP contribution in [-0.2, 0) is 9.59 Å². The van der Waals surface area contributed by atoms with Crippen LogP contribution in [0.5, 0.6) is 5.75 Å². The van der Waals surface area contributed by atoms with Crippen LogP contribution in [0.1, 0.15) is 33.7 Å². The molecule has 0 spiro atoms. The van der Waals surface area contributed by atoms with Gasteiger partial charge in [-0.3, -0.25) is 14.4 Å². The van der Waals surface area contributed by atoms with Crippen LogP contribution in [0.25, 0.3) is 16.6 Å². The first-order valence-corrected chi connectivity index (χ1v) is 18.3. The van der Waals surface area contributed by atoms with Crippen LogP contribution < -0.4 is 20.7 Å². The number of thiophene rings is 1. The van der Waals surface area contributed by atoms with Gasteiger partial charge in [-0.1, -0.05) is 72.8 Å². The summed E-state index contributed by atoms with van der Waals surface area (Å²) < 4.78 is 5.54. The summed E-state index contributed by atoms with van der Waals surface area (Å²) in [7, 11) is 0. The van der Waals surface area contributed by atoms with Gasteiger partial charge in [0.05, 0.1) is 17.2 Å². The van der Waals surface area contributed by atoms with Gasteiger partial charge >= 0.3 is 0 Å². The van der Waals surface area contributed by atoms with Crippen molar-refractivity contribution < 1.29 is 19.1 Å².